The van der Waals surface area contributed by atoms with Crippen molar-refractivity contribution >= 4 is 38.9 Å². The van der Waals surface area contributed by atoms with E-state index in [1.165, 1.54) is 0 Å². The van der Waals surface area contributed by atoms with Crippen LogP contribution in [0.4, 0.5) is 17.1 Å². The first-order valence-electron chi connectivity index (χ1n) is 6.65. The molecule has 2 heterocycles. The summed E-state index contributed by atoms with van der Waals surface area (Å²) in [5.74, 6) is 0. The number of nitrogens with zero attached hydrogens (tertiary/aromatic N) is 2. The number of rotatable bonds is 2. The van der Waals surface area contributed by atoms with Gasteiger partial charge in [-0.1, -0.05) is 6.07 Å². The van der Waals surface area contributed by atoms with Crippen LogP contribution in [-0.2, 0) is 0 Å². The standard InChI is InChI=1S/C16H13N5/c17-12-7-10-9-19-21-15(10)8-16(12)20-14-5-1-4-13-11(14)3-2-6-18-13/h1-9,20H,17H2,(H,19,21). The zero-order chi connectivity index (χ0) is 14.2. The van der Waals surface area contributed by atoms with Crippen molar-refractivity contribution in [2.75, 3.05) is 11.1 Å². The van der Waals surface area contributed by atoms with Crippen LogP contribution in [0.5, 0.6) is 0 Å². The van der Waals surface area contributed by atoms with Crippen molar-refractivity contribution in [3.05, 3.63) is 54.9 Å². The van der Waals surface area contributed by atoms with Gasteiger partial charge in [-0.2, -0.15) is 5.10 Å². The number of hydrogen-bond donors (Lipinski definition) is 3. The lowest BCUT2D eigenvalue weighted by molar-refractivity contribution is 1.12. The van der Waals surface area contributed by atoms with Crippen molar-refractivity contribution < 1.29 is 0 Å². The third-order valence-corrected chi connectivity index (χ3v) is 3.53. The van der Waals surface area contributed by atoms with E-state index in [0.717, 1.165) is 33.2 Å². The van der Waals surface area contributed by atoms with Crippen LogP contribution in [0.3, 0.4) is 0 Å². The molecule has 0 saturated carbocycles. The normalized spacial score (nSPS) is 11.0. The zero-order valence-corrected chi connectivity index (χ0v) is 11.2. The number of aromatic nitrogens is 3. The number of nitrogen functional groups attached to an aromatic ring is 1. The van der Waals surface area contributed by atoms with Gasteiger partial charge >= 0.3 is 0 Å². The molecule has 0 radical (unpaired) electrons. The van der Waals surface area contributed by atoms with Crippen molar-refractivity contribution in [1.82, 2.24) is 15.2 Å². The van der Waals surface area contributed by atoms with Crippen LogP contribution in [-0.4, -0.2) is 15.2 Å². The molecule has 21 heavy (non-hydrogen) atoms. The van der Waals surface area contributed by atoms with Gasteiger partial charge in [-0.05, 0) is 36.4 Å². The number of fused-ring (bicyclic) bond motifs is 2. The van der Waals surface area contributed by atoms with Crippen LogP contribution >= 0.6 is 0 Å². The predicted octanol–water partition coefficient (Wildman–Crippen LogP) is 3.44. The van der Waals surface area contributed by atoms with E-state index in [0.29, 0.717) is 5.69 Å². The molecule has 0 amide bonds. The molecule has 102 valence electrons. The Balaban J connectivity index is 1.84. The van der Waals surface area contributed by atoms with E-state index in [4.69, 9.17) is 5.73 Å². The third kappa shape index (κ3) is 1.95. The number of nitrogens with one attached hydrogen (secondary N) is 2. The SMILES string of the molecule is Nc1cc2cn[nH]c2cc1Nc1cccc2ncccc12. The van der Waals surface area contributed by atoms with Gasteiger partial charge in [0.1, 0.15) is 0 Å². The number of benzene rings is 2. The molecule has 0 atom stereocenters. The highest BCUT2D eigenvalue weighted by molar-refractivity contribution is 5.96. The molecule has 5 nitrogen and oxygen atoms in total. The summed E-state index contributed by atoms with van der Waals surface area (Å²) in [6.45, 7) is 0. The Morgan fingerprint density at radius 2 is 2.00 bits per heavy atom. The summed E-state index contributed by atoms with van der Waals surface area (Å²) in [6.07, 6.45) is 3.55. The quantitative estimate of drug-likeness (QED) is 0.490. The fourth-order valence-corrected chi connectivity index (χ4v) is 2.47. The third-order valence-electron chi connectivity index (χ3n) is 3.53. The maximum atomic E-state index is 6.12. The van der Waals surface area contributed by atoms with Crippen molar-refractivity contribution in [3.63, 3.8) is 0 Å². The first kappa shape index (κ1) is 11.7. The van der Waals surface area contributed by atoms with E-state index >= 15 is 0 Å². The summed E-state index contributed by atoms with van der Waals surface area (Å²) in [6, 6.07) is 13.8. The molecule has 0 aliphatic heterocycles. The lowest BCUT2D eigenvalue weighted by Gasteiger charge is -2.11. The predicted molar refractivity (Wildman–Crippen MR) is 85.5 cm³/mol. The second-order valence-electron chi connectivity index (χ2n) is 4.90. The molecule has 4 N–H and O–H groups in total. The summed E-state index contributed by atoms with van der Waals surface area (Å²) in [5.41, 5.74) is 10.5. The van der Waals surface area contributed by atoms with Crippen LogP contribution in [0.25, 0.3) is 21.8 Å². The maximum absolute atomic E-state index is 6.12. The van der Waals surface area contributed by atoms with E-state index in [1.54, 1.807) is 12.4 Å². The maximum Gasteiger partial charge on any atom is 0.0722 e. The molecule has 4 aromatic rings. The summed E-state index contributed by atoms with van der Waals surface area (Å²) in [7, 11) is 0. The number of H-pyrrole nitrogens is 1. The van der Waals surface area contributed by atoms with Crippen LogP contribution in [0.1, 0.15) is 0 Å². The average molecular weight is 275 g/mol. The first-order chi connectivity index (χ1) is 10.3. The van der Waals surface area contributed by atoms with Crippen molar-refractivity contribution in [2.24, 2.45) is 0 Å². The zero-order valence-electron chi connectivity index (χ0n) is 11.2. The van der Waals surface area contributed by atoms with Crippen LogP contribution in [0.15, 0.2) is 54.9 Å². The van der Waals surface area contributed by atoms with Crippen molar-refractivity contribution in [1.29, 1.82) is 0 Å². The van der Waals surface area contributed by atoms with Crippen LogP contribution < -0.4 is 11.1 Å². The molecule has 2 aromatic carbocycles. The van der Waals surface area contributed by atoms with E-state index in [-0.39, 0.29) is 0 Å². The lowest BCUT2D eigenvalue weighted by atomic mass is 10.1. The van der Waals surface area contributed by atoms with Gasteiger partial charge in [0.05, 0.1) is 28.6 Å². The van der Waals surface area contributed by atoms with Crippen LogP contribution in [0.2, 0.25) is 0 Å². The van der Waals surface area contributed by atoms with E-state index in [2.05, 4.69) is 20.5 Å². The Kier molecular flexibility index (Phi) is 2.50. The van der Waals surface area contributed by atoms with Gasteiger partial charge in [0, 0.05) is 22.7 Å². The largest absolute Gasteiger partial charge is 0.397 e. The number of nitrogens with two attached hydrogens (primary N) is 1. The van der Waals surface area contributed by atoms with Gasteiger partial charge < -0.3 is 11.1 Å². The molecule has 4 rings (SSSR count). The lowest BCUT2D eigenvalue weighted by Crippen LogP contribution is -1.97. The van der Waals surface area contributed by atoms with Gasteiger partial charge in [0.15, 0.2) is 0 Å². The molecule has 0 bridgehead atoms. The minimum atomic E-state index is 0.685. The monoisotopic (exact) mass is 275 g/mol. The topological polar surface area (TPSA) is 79.6 Å². The molecule has 0 spiro atoms. The summed E-state index contributed by atoms with van der Waals surface area (Å²) >= 11 is 0. The highest BCUT2D eigenvalue weighted by Gasteiger charge is 2.06. The molecule has 2 aromatic heterocycles. The Hall–Kier alpha value is -3.08. The summed E-state index contributed by atoms with van der Waals surface area (Å²) in [4.78, 5) is 4.36. The molecule has 0 aliphatic rings. The fourth-order valence-electron chi connectivity index (χ4n) is 2.47. The highest BCUT2D eigenvalue weighted by Crippen LogP contribution is 2.30. The Morgan fingerprint density at radius 3 is 2.95 bits per heavy atom. The Bertz CT molecular complexity index is 936. The molecular weight excluding hydrogens is 262 g/mol. The van der Waals surface area contributed by atoms with Crippen LogP contribution in [0, 0.1) is 0 Å². The molecular formula is C16H13N5. The van der Waals surface area contributed by atoms with Gasteiger partial charge in [-0.15, -0.1) is 0 Å². The summed E-state index contributed by atoms with van der Waals surface area (Å²) < 4.78 is 0. The van der Waals surface area contributed by atoms with Gasteiger partial charge in [-0.25, -0.2) is 0 Å². The number of anilines is 3. The minimum absolute atomic E-state index is 0.685. The molecule has 0 fully saturated rings. The van der Waals surface area contributed by atoms with E-state index in [1.807, 2.05) is 42.5 Å². The molecule has 0 unspecified atom stereocenters. The first-order valence-corrected chi connectivity index (χ1v) is 6.65. The molecule has 0 saturated heterocycles. The molecule has 5 heteroatoms. The smallest absolute Gasteiger partial charge is 0.0722 e. The van der Waals surface area contributed by atoms with Gasteiger partial charge in [0.25, 0.3) is 0 Å². The molecule has 0 aliphatic carbocycles. The Morgan fingerprint density at radius 1 is 1.05 bits per heavy atom. The Labute approximate surface area is 120 Å². The van der Waals surface area contributed by atoms with E-state index in [9.17, 15) is 0 Å². The fraction of sp³-hybridized carbons (Fsp3) is 0. The second-order valence-corrected chi connectivity index (χ2v) is 4.90. The number of hydrogen-bond acceptors (Lipinski definition) is 4. The van der Waals surface area contributed by atoms with E-state index < -0.39 is 0 Å². The van der Waals surface area contributed by atoms with Crippen molar-refractivity contribution in [2.45, 2.75) is 0 Å². The average Bonchev–Trinajstić information content (AvgIpc) is 2.95. The summed E-state index contributed by atoms with van der Waals surface area (Å²) in [5, 5.41) is 12.4. The number of aromatic amines is 1. The van der Waals surface area contributed by atoms with Gasteiger partial charge in [0.2, 0.25) is 0 Å². The second kappa shape index (κ2) is 4.49. The minimum Gasteiger partial charge on any atom is -0.397 e. The highest BCUT2D eigenvalue weighted by atomic mass is 15.1. The number of pyridine rings is 1. The van der Waals surface area contributed by atoms with Gasteiger partial charge in [-0.3, -0.25) is 10.1 Å². The van der Waals surface area contributed by atoms with Crippen molar-refractivity contribution in [3.8, 4) is 0 Å².